The Morgan fingerprint density at radius 3 is 1.07 bits per heavy atom. The van der Waals surface area contributed by atoms with Crippen LogP contribution in [0.2, 0.25) is 0 Å². The van der Waals surface area contributed by atoms with Crippen molar-refractivity contribution in [3.8, 4) is 0 Å². The fourth-order valence-electron chi connectivity index (χ4n) is 1.20. The van der Waals surface area contributed by atoms with Crippen molar-refractivity contribution in [2.45, 2.75) is 20.8 Å². The molecule has 75 valence electrons. The number of rotatable bonds is 4. The Bertz CT molecular complexity index is 233. The predicted molar refractivity (Wildman–Crippen MR) is 42.1 cm³/mol. The van der Waals surface area contributed by atoms with Crippen LogP contribution in [-0.4, -0.2) is 28.4 Å². The molecule has 0 amide bonds. The minimum absolute atomic E-state index is 0. The summed E-state index contributed by atoms with van der Waals surface area (Å²) in [5.41, 5.74) is -2.50. The van der Waals surface area contributed by atoms with E-state index in [1.54, 1.807) is 0 Å². The molecule has 0 aliphatic heterocycles. The largest absolute Gasteiger partial charge is 0.480 e. The molecule has 0 unspecified atom stereocenters. The first-order chi connectivity index (χ1) is 5.77. The van der Waals surface area contributed by atoms with E-state index in [0.717, 1.165) is 20.8 Å². The fourth-order valence-corrected chi connectivity index (χ4v) is 1.20. The molecule has 1 N–H and O–H groups in total. The third-order valence-corrected chi connectivity index (χ3v) is 1.91. The molecule has 0 aromatic rings. The molecule has 0 aromatic heterocycles. The van der Waals surface area contributed by atoms with Crippen molar-refractivity contribution < 1.29 is 57.0 Å². The number of carboxylic acid groups (broad SMARTS) is 1. The van der Waals surface area contributed by atoms with Gasteiger partial charge in [-0.15, -0.1) is 0 Å². The van der Waals surface area contributed by atoms with Crippen LogP contribution in [-0.2, 0) is 51.9 Å². The van der Waals surface area contributed by atoms with Gasteiger partial charge in [0.15, 0.2) is 17.3 Å². The number of ketones is 3. The molecular weight excluding hydrogens is 265 g/mol. The second-order valence-corrected chi connectivity index (χ2v) is 2.72. The van der Waals surface area contributed by atoms with Gasteiger partial charge in [-0.25, -0.2) is 0 Å². The van der Waals surface area contributed by atoms with E-state index >= 15 is 0 Å². The van der Waals surface area contributed by atoms with E-state index in [1.165, 1.54) is 0 Å². The van der Waals surface area contributed by atoms with E-state index in [2.05, 4.69) is 0 Å². The van der Waals surface area contributed by atoms with Crippen molar-refractivity contribution >= 4 is 23.3 Å². The molecule has 0 aliphatic rings. The van der Waals surface area contributed by atoms with Crippen molar-refractivity contribution in [3.05, 3.63) is 0 Å². The van der Waals surface area contributed by atoms with Gasteiger partial charge < -0.3 is 5.11 Å². The van der Waals surface area contributed by atoms with Gasteiger partial charge in [-0.05, 0) is 20.8 Å². The van der Waals surface area contributed by atoms with Gasteiger partial charge in [-0.2, -0.15) is 0 Å². The second-order valence-electron chi connectivity index (χ2n) is 2.72. The number of carbonyl (C=O) groups is 4. The molecule has 1 radical (unpaired) electrons. The van der Waals surface area contributed by atoms with Crippen LogP contribution in [0.1, 0.15) is 20.8 Å². The Labute approximate surface area is 106 Å². The summed E-state index contributed by atoms with van der Waals surface area (Å²) in [5, 5.41) is 8.67. The number of carbonyl (C=O) groups excluding carboxylic acids is 3. The zero-order valence-electron chi connectivity index (χ0n) is 8.16. The summed E-state index contributed by atoms with van der Waals surface area (Å²) in [7, 11) is 0. The number of hydrogen-bond acceptors (Lipinski definition) is 4. The van der Waals surface area contributed by atoms with Crippen LogP contribution in [0.3, 0.4) is 0 Å². The summed E-state index contributed by atoms with van der Waals surface area (Å²) in [6, 6.07) is 0. The maximum Gasteiger partial charge on any atom is 0.332 e. The summed E-state index contributed by atoms with van der Waals surface area (Å²) in [6.45, 7) is 2.74. The summed E-state index contributed by atoms with van der Waals surface area (Å²) in [5.74, 6) is -4.58. The summed E-state index contributed by atoms with van der Waals surface area (Å²) in [4.78, 5) is 43.6. The van der Waals surface area contributed by atoms with Crippen molar-refractivity contribution in [3.63, 3.8) is 0 Å². The van der Waals surface area contributed by atoms with Gasteiger partial charge in [0.2, 0.25) is 5.41 Å². The Balaban J connectivity index is 0. The van der Waals surface area contributed by atoms with Crippen molar-refractivity contribution in [1.29, 1.82) is 0 Å². The van der Waals surface area contributed by atoms with Gasteiger partial charge in [0.25, 0.3) is 0 Å². The Morgan fingerprint density at radius 1 is 0.857 bits per heavy atom. The van der Waals surface area contributed by atoms with E-state index in [4.69, 9.17) is 5.11 Å². The third-order valence-electron chi connectivity index (χ3n) is 1.91. The first-order valence-electron chi connectivity index (χ1n) is 3.54. The monoisotopic (exact) mass is 275 g/mol. The predicted octanol–water partition coefficient (Wildman–Crippen LogP) is -0.178. The van der Waals surface area contributed by atoms with Crippen LogP contribution < -0.4 is 0 Å². The molecule has 5 nitrogen and oxygen atoms in total. The number of aliphatic carboxylic acids is 1. The van der Waals surface area contributed by atoms with E-state index in [-0.39, 0.29) is 32.7 Å². The molecule has 0 saturated carbocycles. The maximum atomic E-state index is 11.0. The topological polar surface area (TPSA) is 88.5 Å². The molecule has 14 heavy (non-hydrogen) atoms. The molecule has 0 aliphatic carbocycles. The Hall–Kier alpha value is -0.416. The second kappa shape index (κ2) is 5.46. The zero-order valence-corrected chi connectivity index (χ0v) is 11.0. The molecule has 0 saturated heterocycles. The van der Waals surface area contributed by atoms with Crippen LogP contribution in [0, 0.1) is 5.41 Å². The molecule has 0 rings (SSSR count). The molecule has 0 atom stereocenters. The first kappa shape index (κ1) is 16.0. The molecule has 0 fully saturated rings. The average molecular weight is 275 g/mol. The minimum Gasteiger partial charge on any atom is -0.480 e. The molecule has 0 spiro atoms. The Kier molecular flexibility index (Phi) is 6.25. The number of Topliss-reactive ketones (excluding diaryl/α,β-unsaturated/α-hetero) is 3. The van der Waals surface area contributed by atoms with Crippen molar-refractivity contribution in [2.75, 3.05) is 0 Å². The SMILES string of the molecule is CC(=O)C(C(C)=O)(C(C)=O)C(=O)O.[Y]. The van der Waals surface area contributed by atoms with Crippen LogP contribution in [0.5, 0.6) is 0 Å². The summed E-state index contributed by atoms with van der Waals surface area (Å²) < 4.78 is 0. The zero-order chi connectivity index (χ0) is 10.8. The van der Waals surface area contributed by atoms with Gasteiger partial charge in [-0.1, -0.05) is 0 Å². The van der Waals surface area contributed by atoms with E-state index in [9.17, 15) is 19.2 Å². The smallest absolute Gasteiger partial charge is 0.332 e. The van der Waals surface area contributed by atoms with Crippen LogP contribution in [0.4, 0.5) is 0 Å². The van der Waals surface area contributed by atoms with Gasteiger partial charge in [0.05, 0.1) is 0 Å². The molecule has 0 aromatic carbocycles. The molecular formula is C8H10O5Y. The van der Waals surface area contributed by atoms with E-state index < -0.39 is 28.7 Å². The van der Waals surface area contributed by atoms with Gasteiger partial charge >= 0.3 is 5.97 Å². The summed E-state index contributed by atoms with van der Waals surface area (Å²) >= 11 is 0. The average Bonchev–Trinajstić information content (AvgIpc) is 1.82. The maximum absolute atomic E-state index is 11.0. The summed E-state index contributed by atoms with van der Waals surface area (Å²) in [6.07, 6.45) is 0. The standard InChI is InChI=1S/C8H10O5.Y/c1-4(9)8(5(2)10,6(3)11)7(12)13;/h1-3H3,(H,12,13);. The van der Waals surface area contributed by atoms with Crippen LogP contribution in [0.25, 0.3) is 0 Å². The van der Waals surface area contributed by atoms with Crippen molar-refractivity contribution in [2.24, 2.45) is 5.41 Å². The van der Waals surface area contributed by atoms with Gasteiger partial charge in [0.1, 0.15) is 0 Å². The van der Waals surface area contributed by atoms with Crippen molar-refractivity contribution in [1.82, 2.24) is 0 Å². The van der Waals surface area contributed by atoms with Crippen LogP contribution >= 0.6 is 0 Å². The molecule has 6 heteroatoms. The molecule has 0 bridgehead atoms. The van der Waals surface area contributed by atoms with Gasteiger partial charge in [0, 0.05) is 32.7 Å². The van der Waals surface area contributed by atoms with Crippen LogP contribution in [0.15, 0.2) is 0 Å². The van der Waals surface area contributed by atoms with E-state index in [0.29, 0.717) is 0 Å². The first-order valence-corrected chi connectivity index (χ1v) is 3.54. The normalized spacial score (nSPS) is 9.93. The minimum atomic E-state index is -2.50. The quantitative estimate of drug-likeness (QED) is 0.719. The molecule has 0 heterocycles. The Morgan fingerprint density at radius 2 is 1.07 bits per heavy atom. The number of carboxylic acids is 1. The fraction of sp³-hybridized carbons (Fsp3) is 0.500. The van der Waals surface area contributed by atoms with E-state index in [1.807, 2.05) is 0 Å². The third kappa shape index (κ3) is 2.33. The van der Waals surface area contributed by atoms with Gasteiger partial charge in [-0.3, -0.25) is 19.2 Å². The number of hydrogen-bond donors (Lipinski definition) is 1.